The highest BCUT2D eigenvalue weighted by Crippen LogP contribution is 2.42. The molecule has 0 spiro atoms. The van der Waals surface area contributed by atoms with E-state index in [0.717, 1.165) is 17.8 Å². The van der Waals surface area contributed by atoms with Crippen molar-refractivity contribution < 1.29 is 9.90 Å². The molecule has 6 nitrogen and oxygen atoms in total. The minimum atomic E-state index is -0.575. The fourth-order valence-electron chi connectivity index (χ4n) is 3.18. The van der Waals surface area contributed by atoms with Crippen LogP contribution >= 0.6 is 11.3 Å². The number of urea groups is 1. The van der Waals surface area contributed by atoms with Crippen LogP contribution in [0.15, 0.2) is 0 Å². The zero-order chi connectivity index (χ0) is 15.6. The third-order valence-electron chi connectivity index (χ3n) is 4.82. The molecule has 2 amide bonds. The number of carbonyl (C=O) groups excluding carboxylic acids is 1. The maximum atomic E-state index is 12.2. The minimum absolute atomic E-state index is 0.0471. The lowest BCUT2D eigenvalue weighted by Crippen LogP contribution is -2.55. The summed E-state index contributed by atoms with van der Waals surface area (Å²) in [4.78, 5) is 12.2. The van der Waals surface area contributed by atoms with E-state index < -0.39 is 5.54 Å². The Morgan fingerprint density at radius 3 is 2.64 bits per heavy atom. The number of hydrogen-bond acceptors (Lipinski definition) is 5. The molecule has 3 N–H and O–H groups in total. The van der Waals surface area contributed by atoms with Crippen molar-refractivity contribution in [2.45, 2.75) is 63.3 Å². The molecule has 22 heavy (non-hydrogen) atoms. The second kappa shape index (κ2) is 6.50. The van der Waals surface area contributed by atoms with E-state index in [2.05, 4.69) is 20.8 Å². The van der Waals surface area contributed by atoms with Gasteiger partial charge >= 0.3 is 6.03 Å². The molecule has 0 radical (unpaired) electrons. The van der Waals surface area contributed by atoms with Crippen LogP contribution in [0.25, 0.3) is 0 Å². The van der Waals surface area contributed by atoms with Crippen LogP contribution in [0.3, 0.4) is 0 Å². The predicted molar refractivity (Wildman–Crippen MR) is 86.1 cm³/mol. The summed E-state index contributed by atoms with van der Waals surface area (Å²) >= 11 is 1.44. The van der Waals surface area contributed by atoms with Gasteiger partial charge in [-0.15, -0.1) is 10.2 Å². The molecule has 1 heterocycles. The van der Waals surface area contributed by atoms with Crippen LogP contribution < -0.4 is 10.6 Å². The highest BCUT2D eigenvalue weighted by molar-refractivity contribution is 7.15. The lowest BCUT2D eigenvalue weighted by atomic mass is 9.76. The zero-order valence-corrected chi connectivity index (χ0v) is 13.8. The second-order valence-electron chi connectivity index (χ2n) is 6.71. The Kier molecular flexibility index (Phi) is 4.63. The number of aliphatic hydroxyl groups is 1. The Bertz CT molecular complexity index is 525. The molecule has 1 aromatic heterocycles. The molecule has 3 rings (SSSR count). The van der Waals surface area contributed by atoms with Crippen molar-refractivity contribution in [3.8, 4) is 0 Å². The van der Waals surface area contributed by atoms with Crippen LogP contribution in [0.5, 0.6) is 0 Å². The first kappa shape index (κ1) is 15.7. The molecule has 1 unspecified atom stereocenters. The Morgan fingerprint density at radius 2 is 2.00 bits per heavy atom. The number of aromatic nitrogens is 2. The summed E-state index contributed by atoms with van der Waals surface area (Å²) < 4.78 is 0. The molecule has 2 fully saturated rings. The fourth-order valence-corrected chi connectivity index (χ4v) is 4.09. The molecule has 1 atom stereocenters. The molecule has 0 aliphatic heterocycles. The van der Waals surface area contributed by atoms with Crippen LogP contribution in [0.4, 0.5) is 9.93 Å². The van der Waals surface area contributed by atoms with Gasteiger partial charge in [0.2, 0.25) is 5.13 Å². The highest BCUT2D eigenvalue weighted by Gasteiger charge is 2.36. The SMILES string of the molecule is CC(CO)(NC(=O)Nc1nnc(C2CC2)s1)C1CCCCC1. The van der Waals surface area contributed by atoms with Crippen molar-refractivity contribution in [3.05, 3.63) is 5.01 Å². The van der Waals surface area contributed by atoms with Crippen molar-refractivity contribution in [2.75, 3.05) is 11.9 Å². The van der Waals surface area contributed by atoms with Gasteiger partial charge in [-0.3, -0.25) is 5.32 Å². The molecule has 122 valence electrons. The van der Waals surface area contributed by atoms with Gasteiger partial charge < -0.3 is 10.4 Å². The quantitative estimate of drug-likeness (QED) is 0.777. The van der Waals surface area contributed by atoms with Crippen LogP contribution in [-0.4, -0.2) is 33.5 Å². The maximum absolute atomic E-state index is 12.2. The normalized spacial score (nSPS) is 22.1. The van der Waals surface area contributed by atoms with Crippen molar-refractivity contribution in [1.29, 1.82) is 0 Å². The number of anilines is 1. The van der Waals surface area contributed by atoms with E-state index in [9.17, 15) is 9.90 Å². The van der Waals surface area contributed by atoms with E-state index in [1.165, 1.54) is 43.4 Å². The lowest BCUT2D eigenvalue weighted by Gasteiger charge is -2.39. The zero-order valence-electron chi connectivity index (χ0n) is 13.0. The molecule has 0 saturated heterocycles. The number of rotatable bonds is 5. The van der Waals surface area contributed by atoms with E-state index in [0.29, 0.717) is 17.0 Å². The molecule has 7 heteroatoms. The second-order valence-corrected chi connectivity index (χ2v) is 7.72. The molecule has 2 saturated carbocycles. The first-order chi connectivity index (χ1) is 10.6. The van der Waals surface area contributed by atoms with Crippen molar-refractivity contribution >= 4 is 22.5 Å². The van der Waals surface area contributed by atoms with Crippen LogP contribution in [0.1, 0.15) is 62.8 Å². The van der Waals surface area contributed by atoms with E-state index >= 15 is 0 Å². The third kappa shape index (κ3) is 3.57. The van der Waals surface area contributed by atoms with Gasteiger partial charge in [0.25, 0.3) is 0 Å². The van der Waals surface area contributed by atoms with Crippen LogP contribution in [0, 0.1) is 5.92 Å². The Labute approximate surface area is 134 Å². The lowest BCUT2D eigenvalue weighted by molar-refractivity contribution is 0.103. The van der Waals surface area contributed by atoms with E-state index in [1.54, 1.807) is 0 Å². The van der Waals surface area contributed by atoms with Gasteiger partial charge in [0, 0.05) is 5.92 Å². The number of aliphatic hydroxyl groups excluding tert-OH is 1. The third-order valence-corrected chi connectivity index (χ3v) is 5.82. The number of nitrogens with one attached hydrogen (secondary N) is 2. The molecule has 0 aromatic carbocycles. The molecule has 2 aliphatic carbocycles. The largest absolute Gasteiger partial charge is 0.394 e. The monoisotopic (exact) mass is 324 g/mol. The highest BCUT2D eigenvalue weighted by atomic mass is 32.1. The first-order valence-corrected chi connectivity index (χ1v) is 8.96. The number of amides is 2. The topological polar surface area (TPSA) is 87.1 Å². The van der Waals surface area contributed by atoms with Gasteiger partial charge in [-0.05, 0) is 38.5 Å². The summed E-state index contributed by atoms with van der Waals surface area (Å²) in [6.45, 7) is 1.88. The molecule has 1 aromatic rings. The van der Waals surface area contributed by atoms with E-state index in [-0.39, 0.29) is 12.6 Å². The molecular weight excluding hydrogens is 300 g/mol. The standard InChI is InChI=1S/C15H24N4O2S/c1-15(9-20,11-5-3-2-4-6-11)17-13(21)16-14-19-18-12(22-14)10-7-8-10/h10-11,20H,2-9H2,1H3,(H2,16,17,19,21). The average Bonchev–Trinajstić information content (AvgIpc) is 3.28. The average molecular weight is 324 g/mol. The predicted octanol–water partition coefficient (Wildman–Crippen LogP) is 2.87. The summed E-state index contributed by atoms with van der Waals surface area (Å²) in [7, 11) is 0. The summed E-state index contributed by atoms with van der Waals surface area (Å²) in [5, 5.41) is 25.2. The van der Waals surface area contributed by atoms with Gasteiger partial charge in [-0.25, -0.2) is 4.79 Å². The van der Waals surface area contributed by atoms with E-state index in [4.69, 9.17) is 0 Å². The summed E-state index contributed by atoms with van der Waals surface area (Å²) in [6, 6.07) is -0.305. The number of carbonyl (C=O) groups is 1. The van der Waals surface area contributed by atoms with Gasteiger partial charge in [0.05, 0.1) is 12.1 Å². The Balaban J connectivity index is 1.58. The van der Waals surface area contributed by atoms with Gasteiger partial charge in [-0.1, -0.05) is 30.6 Å². The number of nitrogens with zero attached hydrogens (tertiary/aromatic N) is 2. The van der Waals surface area contributed by atoms with Gasteiger partial charge in [-0.2, -0.15) is 0 Å². The van der Waals surface area contributed by atoms with Crippen molar-refractivity contribution in [1.82, 2.24) is 15.5 Å². The van der Waals surface area contributed by atoms with Crippen LogP contribution in [-0.2, 0) is 0 Å². The molecule has 0 bridgehead atoms. The molecule has 2 aliphatic rings. The van der Waals surface area contributed by atoms with Crippen LogP contribution in [0.2, 0.25) is 0 Å². The molecular formula is C15H24N4O2S. The van der Waals surface area contributed by atoms with Gasteiger partial charge in [0.1, 0.15) is 5.01 Å². The smallest absolute Gasteiger partial charge is 0.321 e. The Morgan fingerprint density at radius 1 is 1.27 bits per heavy atom. The summed E-state index contributed by atoms with van der Waals surface area (Å²) in [5.74, 6) is 0.870. The number of hydrogen-bond donors (Lipinski definition) is 3. The maximum Gasteiger partial charge on any atom is 0.321 e. The minimum Gasteiger partial charge on any atom is -0.394 e. The van der Waals surface area contributed by atoms with Crippen molar-refractivity contribution in [2.24, 2.45) is 5.92 Å². The summed E-state index contributed by atoms with van der Waals surface area (Å²) in [6.07, 6.45) is 8.05. The Hall–Kier alpha value is -1.21. The van der Waals surface area contributed by atoms with E-state index in [1.807, 2.05) is 6.92 Å². The summed E-state index contributed by atoms with van der Waals surface area (Å²) in [5.41, 5.74) is -0.575. The van der Waals surface area contributed by atoms with Gasteiger partial charge in [0.15, 0.2) is 0 Å². The van der Waals surface area contributed by atoms with Crippen molar-refractivity contribution in [3.63, 3.8) is 0 Å². The first-order valence-electron chi connectivity index (χ1n) is 8.14. The fraction of sp³-hybridized carbons (Fsp3) is 0.800.